The van der Waals surface area contributed by atoms with Gasteiger partial charge in [0.05, 0.1) is 7.11 Å². The van der Waals surface area contributed by atoms with Crippen molar-refractivity contribution in [2.24, 2.45) is 0 Å². The van der Waals surface area contributed by atoms with Gasteiger partial charge in [-0.2, -0.15) is 0 Å². The molecule has 2 aromatic carbocycles. The zero-order chi connectivity index (χ0) is 14.9. The van der Waals surface area contributed by atoms with Crippen LogP contribution in [-0.2, 0) is 6.42 Å². The minimum atomic E-state index is 0.665. The summed E-state index contributed by atoms with van der Waals surface area (Å²) in [6.07, 6.45) is 2.40. The number of benzene rings is 2. The number of hydrogen-bond donors (Lipinski definition) is 1. The van der Waals surface area contributed by atoms with E-state index in [0.717, 1.165) is 25.4 Å². The Morgan fingerprint density at radius 1 is 1.14 bits per heavy atom. The van der Waals surface area contributed by atoms with Crippen LogP contribution in [-0.4, -0.2) is 32.8 Å². The van der Waals surface area contributed by atoms with Crippen LogP contribution in [0.25, 0.3) is 11.1 Å². The number of anilines is 1. The number of rotatable bonds is 2. The summed E-state index contributed by atoms with van der Waals surface area (Å²) in [5.41, 5.74) is 5.34. The van der Waals surface area contributed by atoms with Crippen LogP contribution in [0.4, 0.5) is 5.69 Å². The van der Waals surface area contributed by atoms with Gasteiger partial charge in [0.15, 0.2) is 0 Å². The lowest BCUT2D eigenvalue weighted by Gasteiger charge is -2.24. The summed E-state index contributed by atoms with van der Waals surface area (Å²) >= 11 is 0. The third-order valence-corrected chi connectivity index (χ3v) is 4.89. The molecule has 1 atom stereocenters. The highest BCUT2D eigenvalue weighted by molar-refractivity contribution is 5.75. The number of nitrogens with one attached hydrogen (secondary N) is 1. The van der Waals surface area contributed by atoms with Crippen molar-refractivity contribution in [3.8, 4) is 16.9 Å². The number of nitrogens with zero attached hydrogens (tertiary/aromatic N) is 1. The average molecular weight is 294 g/mol. The molecule has 114 valence electrons. The highest BCUT2D eigenvalue weighted by Gasteiger charge is 2.30. The van der Waals surface area contributed by atoms with Gasteiger partial charge in [-0.05, 0) is 48.7 Å². The van der Waals surface area contributed by atoms with E-state index < -0.39 is 0 Å². The summed E-state index contributed by atoms with van der Waals surface area (Å²) in [4.78, 5) is 2.58. The number of para-hydroxylation sites is 1. The van der Waals surface area contributed by atoms with Crippen LogP contribution < -0.4 is 15.0 Å². The Kier molecular flexibility index (Phi) is 3.51. The second-order valence-electron chi connectivity index (χ2n) is 6.13. The van der Waals surface area contributed by atoms with Gasteiger partial charge in [0, 0.05) is 30.4 Å². The summed E-state index contributed by atoms with van der Waals surface area (Å²) in [6, 6.07) is 15.8. The largest absolute Gasteiger partial charge is 0.496 e. The second-order valence-corrected chi connectivity index (χ2v) is 6.13. The maximum Gasteiger partial charge on any atom is 0.126 e. The molecule has 0 bridgehead atoms. The SMILES string of the molecule is COc1ccccc1-c1ccc2c(c1)CC1CCNCCN21. The quantitative estimate of drug-likeness (QED) is 0.921. The van der Waals surface area contributed by atoms with Crippen molar-refractivity contribution in [3.05, 3.63) is 48.0 Å². The van der Waals surface area contributed by atoms with Gasteiger partial charge in [-0.3, -0.25) is 0 Å². The maximum absolute atomic E-state index is 5.51. The van der Waals surface area contributed by atoms with Crippen LogP contribution in [0, 0.1) is 0 Å². The Morgan fingerprint density at radius 2 is 2.05 bits per heavy atom. The molecule has 1 saturated heterocycles. The van der Waals surface area contributed by atoms with Crippen LogP contribution in [0.5, 0.6) is 5.75 Å². The molecule has 1 N–H and O–H groups in total. The van der Waals surface area contributed by atoms with Gasteiger partial charge in [-0.15, -0.1) is 0 Å². The van der Waals surface area contributed by atoms with E-state index in [2.05, 4.69) is 40.5 Å². The van der Waals surface area contributed by atoms with E-state index in [1.54, 1.807) is 7.11 Å². The van der Waals surface area contributed by atoms with Gasteiger partial charge in [-0.25, -0.2) is 0 Å². The first-order valence-electron chi connectivity index (χ1n) is 8.10. The fraction of sp³-hybridized carbons (Fsp3) is 0.368. The highest BCUT2D eigenvalue weighted by atomic mass is 16.5. The Balaban J connectivity index is 1.72. The summed E-state index contributed by atoms with van der Waals surface area (Å²) in [5, 5.41) is 3.50. The van der Waals surface area contributed by atoms with Crippen LogP contribution in [0.15, 0.2) is 42.5 Å². The van der Waals surface area contributed by atoms with E-state index in [9.17, 15) is 0 Å². The van der Waals surface area contributed by atoms with Crippen molar-refractivity contribution in [3.63, 3.8) is 0 Å². The molecule has 1 fully saturated rings. The Bertz CT molecular complexity index is 683. The first-order valence-corrected chi connectivity index (χ1v) is 8.10. The average Bonchev–Trinajstić information content (AvgIpc) is 2.75. The third-order valence-electron chi connectivity index (χ3n) is 4.89. The molecule has 0 aromatic heterocycles. The fourth-order valence-corrected chi connectivity index (χ4v) is 3.79. The molecule has 2 aliphatic heterocycles. The molecule has 2 heterocycles. The number of methoxy groups -OCH3 is 1. The van der Waals surface area contributed by atoms with Crippen LogP contribution in [0.3, 0.4) is 0 Å². The van der Waals surface area contributed by atoms with Crippen molar-refractivity contribution in [2.75, 3.05) is 31.6 Å². The molecule has 0 saturated carbocycles. The van der Waals surface area contributed by atoms with E-state index in [1.165, 1.54) is 35.2 Å². The molecule has 22 heavy (non-hydrogen) atoms. The molecule has 2 aliphatic rings. The monoisotopic (exact) mass is 294 g/mol. The predicted molar refractivity (Wildman–Crippen MR) is 90.8 cm³/mol. The molecule has 0 radical (unpaired) electrons. The van der Waals surface area contributed by atoms with E-state index in [1.807, 2.05) is 12.1 Å². The minimum absolute atomic E-state index is 0.665. The van der Waals surface area contributed by atoms with Crippen molar-refractivity contribution in [2.45, 2.75) is 18.9 Å². The topological polar surface area (TPSA) is 24.5 Å². The zero-order valence-corrected chi connectivity index (χ0v) is 13.0. The summed E-state index contributed by atoms with van der Waals surface area (Å²) < 4.78 is 5.51. The van der Waals surface area contributed by atoms with Crippen molar-refractivity contribution in [1.29, 1.82) is 0 Å². The molecule has 0 spiro atoms. The predicted octanol–water partition coefficient (Wildman–Crippen LogP) is 3.09. The van der Waals surface area contributed by atoms with E-state index >= 15 is 0 Å². The van der Waals surface area contributed by atoms with Gasteiger partial charge in [0.25, 0.3) is 0 Å². The summed E-state index contributed by atoms with van der Waals surface area (Å²) in [7, 11) is 1.74. The Labute approximate surface area is 131 Å². The van der Waals surface area contributed by atoms with Crippen LogP contribution in [0.1, 0.15) is 12.0 Å². The summed E-state index contributed by atoms with van der Waals surface area (Å²) in [5.74, 6) is 0.944. The number of hydrogen-bond acceptors (Lipinski definition) is 3. The van der Waals surface area contributed by atoms with E-state index in [4.69, 9.17) is 4.74 Å². The second kappa shape index (κ2) is 5.65. The lowest BCUT2D eigenvalue weighted by atomic mass is 10.00. The van der Waals surface area contributed by atoms with Crippen LogP contribution >= 0.6 is 0 Å². The zero-order valence-electron chi connectivity index (χ0n) is 13.0. The normalized spacial score (nSPS) is 20.2. The lowest BCUT2D eigenvalue weighted by molar-refractivity contribution is 0.416. The van der Waals surface area contributed by atoms with Gasteiger partial charge in [0.1, 0.15) is 5.75 Å². The minimum Gasteiger partial charge on any atom is -0.496 e. The van der Waals surface area contributed by atoms with E-state index in [-0.39, 0.29) is 0 Å². The number of ether oxygens (including phenoxy) is 1. The van der Waals surface area contributed by atoms with Crippen molar-refractivity contribution in [1.82, 2.24) is 5.32 Å². The molecule has 1 unspecified atom stereocenters. The van der Waals surface area contributed by atoms with Gasteiger partial charge < -0.3 is 15.0 Å². The smallest absolute Gasteiger partial charge is 0.126 e. The standard InChI is InChI=1S/C19H22N2O/c1-22-19-5-3-2-4-17(19)14-6-7-18-15(12-14)13-16-8-9-20-10-11-21(16)18/h2-7,12,16,20H,8-11,13H2,1H3. The van der Waals surface area contributed by atoms with Gasteiger partial charge >= 0.3 is 0 Å². The first kappa shape index (κ1) is 13.6. The molecule has 2 aromatic rings. The van der Waals surface area contributed by atoms with Gasteiger partial charge in [0.2, 0.25) is 0 Å². The first-order chi connectivity index (χ1) is 10.9. The highest BCUT2D eigenvalue weighted by Crippen LogP contribution is 2.38. The third kappa shape index (κ3) is 2.26. The lowest BCUT2D eigenvalue weighted by Crippen LogP contribution is -2.32. The molecule has 4 rings (SSSR count). The molecular weight excluding hydrogens is 272 g/mol. The van der Waals surface area contributed by atoms with E-state index in [0.29, 0.717) is 6.04 Å². The fourth-order valence-electron chi connectivity index (χ4n) is 3.79. The molecule has 0 amide bonds. The molecule has 3 nitrogen and oxygen atoms in total. The van der Waals surface area contributed by atoms with Crippen molar-refractivity contribution < 1.29 is 4.74 Å². The Morgan fingerprint density at radius 3 is 2.95 bits per heavy atom. The van der Waals surface area contributed by atoms with Crippen LogP contribution in [0.2, 0.25) is 0 Å². The molecular formula is C19H22N2O. The summed E-state index contributed by atoms with van der Waals surface area (Å²) in [6.45, 7) is 3.34. The maximum atomic E-state index is 5.51. The Hall–Kier alpha value is -2.00. The molecule has 0 aliphatic carbocycles. The number of fused-ring (bicyclic) bond motifs is 3. The van der Waals surface area contributed by atoms with Gasteiger partial charge in [-0.1, -0.05) is 24.3 Å². The molecule has 3 heteroatoms. The van der Waals surface area contributed by atoms with Crippen molar-refractivity contribution >= 4 is 5.69 Å².